The topological polar surface area (TPSA) is 29.1 Å². The van der Waals surface area contributed by atoms with Crippen LogP contribution in [0.1, 0.15) is 16.7 Å². The average molecular weight is 259 g/mol. The molecule has 1 rings (SSSR count). The molecule has 0 saturated heterocycles. The zero-order valence-electron chi connectivity index (χ0n) is 10.4. The van der Waals surface area contributed by atoms with Crippen molar-refractivity contribution in [1.29, 1.82) is 0 Å². The summed E-state index contributed by atoms with van der Waals surface area (Å²) >= 11 is 0. The molecule has 0 fully saturated rings. The number of hydrogen-bond acceptors (Lipinski definition) is 2. The SMILES string of the molecule is Cc1ccc(C)c(CC(=O)CNCC(F)(F)F)c1. The Bertz CT molecular complexity index is 427. The first kappa shape index (κ1) is 14.7. The summed E-state index contributed by atoms with van der Waals surface area (Å²) in [5.74, 6) is -0.243. The van der Waals surface area contributed by atoms with Gasteiger partial charge in [-0.05, 0) is 25.0 Å². The van der Waals surface area contributed by atoms with Gasteiger partial charge in [-0.1, -0.05) is 23.8 Å². The first-order valence-electron chi connectivity index (χ1n) is 5.63. The fraction of sp³-hybridized carbons (Fsp3) is 0.462. The van der Waals surface area contributed by atoms with Crippen molar-refractivity contribution in [3.63, 3.8) is 0 Å². The van der Waals surface area contributed by atoms with Crippen LogP contribution in [0.2, 0.25) is 0 Å². The standard InChI is InChI=1S/C13H16F3NO/c1-9-3-4-10(2)11(5-9)6-12(18)7-17-8-13(14,15)16/h3-5,17H,6-8H2,1-2H3. The summed E-state index contributed by atoms with van der Waals surface area (Å²) in [6.45, 7) is 2.40. The summed E-state index contributed by atoms with van der Waals surface area (Å²) in [5, 5.41) is 2.10. The molecule has 1 N–H and O–H groups in total. The Morgan fingerprint density at radius 3 is 2.56 bits per heavy atom. The van der Waals surface area contributed by atoms with Gasteiger partial charge in [0.15, 0.2) is 5.78 Å². The van der Waals surface area contributed by atoms with E-state index in [4.69, 9.17) is 0 Å². The Morgan fingerprint density at radius 2 is 1.94 bits per heavy atom. The molecule has 0 unspecified atom stereocenters. The number of ketones is 1. The summed E-state index contributed by atoms with van der Waals surface area (Å²) in [4.78, 5) is 11.5. The van der Waals surface area contributed by atoms with Crippen LogP contribution in [0.25, 0.3) is 0 Å². The Kier molecular flexibility index (Phi) is 4.90. The lowest BCUT2D eigenvalue weighted by molar-refractivity contribution is -0.127. The fourth-order valence-corrected chi connectivity index (χ4v) is 1.61. The second kappa shape index (κ2) is 6.00. The van der Waals surface area contributed by atoms with Gasteiger partial charge in [-0.15, -0.1) is 0 Å². The van der Waals surface area contributed by atoms with Crippen LogP contribution in [-0.2, 0) is 11.2 Å². The predicted molar refractivity (Wildman–Crippen MR) is 63.6 cm³/mol. The number of Topliss-reactive ketones (excluding diaryl/α,β-unsaturated/α-hetero) is 1. The van der Waals surface area contributed by atoms with Gasteiger partial charge in [-0.25, -0.2) is 0 Å². The maximum absolute atomic E-state index is 11.9. The number of alkyl halides is 3. The minimum atomic E-state index is -4.28. The van der Waals surface area contributed by atoms with Crippen molar-refractivity contribution in [3.8, 4) is 0 Å². The smallest absolute Gasteiger partial charge is 0.302 e. The molecule has 0 spiro atoms. The van der Waals surface area contributed by atoms with Gasteiger partial charge in [-0.3, -0.25) is 4.79 Å². The van der Waals surface area contributed by atoms with Crippen molar-refractivity contribution < 1.29 is 18.0 Å². The molecule has 18 heavy (non-hydrogen) atoms. The lowest BCUT2D eigenvalue weighted by atomic mass is 10.0. The second-order valence-electron chi connectivity index (χ2n) is 4.36. The van der Waals surface area contributed by atoms with E-state index >= 15 is 0 Å². The minimum absolute atomic E-state index is 0.165. The van der Waals surface area contributed by atoms with Gasteiger partial charge in [-0.2, -0.15) is 13.2 Å². The van der Waals surface area contributed by atoms with Crippen LogP contribution in [0.3, 0.4) is 0 Å². The average Bonchev–Trinajstić information content (AvgIpc) is 2.21. The molecule has 0 amide bonds. The molecule has 0 bridgehead atoms. The van der Waals surface area contributed by atoms with Crippen LogP contribution in [0.15, 0.2) is 18.2 Å². The molecule has 1 aromatic rings. The summed E-state index contributed by atoms with van der Waals surface area (Å²) in [6, 6.07) is 5.73. The van der Waals surface area contributed by atoms with Gasteiger partial charge >= 0.3 is 6.18 Å². The van der Waals surface area contributed by atoms with Crippen molar-refractivity contribution in [2.24, 2.45) is 0 Å². The maximum atomic E-state index is 11.9. The van der Waals surface area contributed by atoms with E-state index in [1.54, 1.807) is 0 Å². The first-order valence-corrected chi connectivity index (χ1v) is 5.63. The number of halogens is 3. The highest BCUT2D eigenvalue weighted by atomic mass is 19.4. The Morgan fingerprint density at radius 1 is 1.28 bits per heavy atom. The van der Waals surface area contributed by atoms with Gasteiger partial charge in [0.1, 0.15) is 0 Å². The number of carbonyl (C=O) groups excluding carboxylic acids is 1. The number of aryl methyl sites for hydroxylation is 2. The first-order chi connectivity index (χ1) is 8.28. The van der Waals surface area contributed by atoms with Crippen LogP contribution in [0.5, 0.6) is 0 Å². The van der Waals surface area contributed by atoms with Crippen LogP contribution < -0.4 is 5.32 Å². The molecule has 1 aromatic carbocycles. The van der Waals surface area contributed by atoms with Crippen LogP contribution in [-0.4, -0.2) is 25.0 Å². The van der Waals surface area contributed by atoms with Crippen molar-refractivity contribution in [2.75, 3.05) is 13.1 Å². The Hall–Kier alpha value is -1.36. The third-order valence-corrected chi connectivity index (χ3v) is 2.54. The highest BCUT2D eigenvalue weighted by Crippen LogP contribution is 2.13. The summed E-state index contributed by atoms with van der Waals surface area (Å²) in [6.07, 6.45) is -4.11. The largest absolute Gasteiger partial charge is 0.401 e. The molecule has 0 aliphatic rings. The maximum Gasteiger partial charge on any atom is 0.401 e. The van der Waals surface area contributed by atoms with E-state index in [1.807, 2.05) is 32.0 Å². The lowest BCUT2D eigenvalue weighted by Gasteiger charge is -2.09. The molecule has 5 heteroatoms. The zero-order valence-corrected chi connectivity index (χ0v) is 10.4. The van der Waals surface area contributed by atoms with Gasteiger partial charge < -0.3 is 5.32 Å². The number of carbonyl (C=O) groups is 1. The molecule has 0 heterocycles. The van der Waals surface area contributed by atoms with Crippen molar-refractivity contribution in [1.82, 2.24) is 5.32 Å². The second-order valence-corrected chi connectivity index (χ2v) is 4.36. The molecular weight excluding hydrogens is 243 g/mol. The molecular formula is C13H16F3NO. The third-order valence-electron chi connectivity index (χ3n) is 2.54. The Balaban J connectivity index is 2.47. The minimum Gasteiger partial charge on any atom is -0.302 e. The van der Waals surface area contributed by atoms with E-state index in [9.17, 15) is 18.0 Å². The highest BCUT2D eigenvalue weighted by molar-refractivity contribution is 5.83. The fourth-order valence-electron chi connectivity index (χ4n) is 1.61. The van der Waals surface area contributed by atoms with Crippen LogP contribution in [0.4, 0.5) is 13.2 Å². The molecule has 0 aliphatic carbocycles. The normalized spacial score (nSPS) is 11.6. The van der Waals surface area contributed by atoms with Crippen molar-refractivity contribution >= 4 is 5.78 Å². The zero-order chi connectivity index (χ0) is 13.8. The quantitative estimate of drug-likeness (QED) is 0.880. The van der Waals surface area contributed by atoms with Gasteiger partial charge in [0.05, 0.1) is 13.1 Å². The number of nitrogens with one attached hydrogen (secondary N) is 1. The number of hydrogen-bond donors (Lipinski definition) is 1. The lowest BCUT2D eigenvalue weighted by Crippen LogP contribution is -2.33. The molecule has 100 valence electrons. The molecule has 0 aliphatic heterocycles. The van der Waals surface area contributed by atoms with Gasteiger partial charge in [0, 0.05) is 6.42 Å². The van der Waals surface area contributed by atoms with E-state index < -0.39 is 12.7 Å². The monoisotopic (exact) mass is 259 g/mol. The van der Waals surface area contributed by atoms with Gasteiger partial charge in [0.25, 0.3) is 0 Å². The third kappa shape index (κ3) is 5.31. The van der Waals surface area contributed by atoms with Crippen LogP contribution in [0, 0.1) is 13.8 Å². The van der Waals surface area contributed by atoms with Crippen molar-refractivity contribution in [2.45, 2.75) is 26.4 Å². The van der Waals surface area contributed by atoms with E-state index in [0.29, 0.717) is 0 Å². The summed E-state index contributed by atoms with van der Waals surface area (Å²) in [7, 11) is 0. The summed E-state index contributed by atoms with van der Waals surface area (Å²) < 4.78 is 35.6. The number of benzene rings is 1. The molecule has 0 saturated carbocycles. The molecule has 0 radical (unpaired) electrons. The summed E-state index contributed by atoms with van der Waals surface area (Å²) in [5.41, 5.74) is 2.88. The molecule has 0 aromatic heterocycles. The van der Waals surface area contributed by atoms with E-state index in [-0.39, 0.29) is 18.7 Å². The highest BCUT2D eigenvalue weighted by Gasteiger charge is 2.26. The molecule has 2 nitrogen and oxygen atoms in total. The predicted octanol–water partition coefficient (Wildman–Crippen LogP) is 2.57. The van der Waals surface area contributed by atoms with Crippen molar-refractivity contribution in [3.05, 3.63) is 34.9 Å². The van der Waals surface area contributed by atoms with E-state index in [1.165, 1.54) is 0 Å². The molecule has 0 atom stereocenters. The van der Waals surface area contributed by atoms with E-state index in [2.05, 4.69) is 5.32 Å². The van der Waals surface area contributed by atoms with Crippen LogP contribution >= 0.6 is 0 Å². The number of rotatable bonds is 5. The van der Waals surface area contributed by atoms with Gasteiger partial charge in [0.2, 0.25) is 0 Å². The Labute approximate surface area is 104 Å². The van der Waals surface area contributed by atoms with E-state index in [0.717, 1.165) is 16.7 Å².